The molecule has 26 heavy (non-hydrogen) atoms. The predicted molar refractivity (Wildman–Crippen MR) is 101 cm³/mol. The number of rotatable bonds is 4. The first-order valence-corrected chi connectivity index (χ1v) is 9.75. The number of nitrogens with one attached hydrogen (secondary N) is 1. The Bertz CT molecular complexity index is 620. The Morgan fingerprint density at radius 3 is 2.46 bits per heavy atom. The number of benzene rings is 1. The van der Waals surface area contributed by atoms with E-state index in [1.165, 1.54) is 32.1 Å². The molecule has 1 aliphatic carbocycles. The lowest BCUT2D eigenvalue weighted by Crippen LogP contribution is -2.53. The molecule has 1 aliphatic heterocycles. The smallest absolute Gasteiger partial charge is 0.340 e. The summed E-state index contributed by atoms with van der Waals surface area (Å²) in [5, 5.41) is 2.88. The number of esters is 1. The summed E-state index contributed by atoms with van der Waals surface area (Å²) in [6.45, 7) is 5.39. The van der Waals surface area contributed by atoms with Crippen LogP contribution in [0.5, 0.6) is 0 Å². The first-order valence-electron chi connectivity index (χ1n) is 9.75. The van der Waals surface area contributed by atoms with Gasteiger partial charge in [-0.05, 0) is 31.9 Å². The van der Waals surface area contributed by atoms with Gasteiger partial charge in [-0.3, -0.25) is 4.90 Å². The number of hydrogen-bond acceptors (Lipinski definition) is 4. The Morgan fingerprint density at radius 2 is 1.77 bits per heavy atom. The van der Waals surface area contributed by atoms with E-state index in [2.05, 4.69) is 10.2 Å². The molecule has 0 spiro atoms. The fourth-order valence-electron chi connectivity index (χ4n) is 3.91. The largest absolute Gasteiger partial charge is 0.462 e. The highest BCUT2D eigenvalue weighted by atomic mass is 16.5. The lowest BCUT2D eigenvalue weighted by atomic mass is 9.94. The molecule has 0 atom stereocenters. The minimum Gasteiger partial charge on any atom is -0.462 e. The van der Waals surface area contributed by atoms with Gasteiger partial charge in [-0.25, -0.2) is 9.59 Å². The van der Waals surface area contributed by atoms with Crippen LogP contribution in [-0.2, 0) is 4.74 Å². The number of carbonyl (C=O) groups is 2. The summed E-state index contributed by atoms with van der Waals surface area (Å²) in [6.07, 6.45) is 6.60. The molecule has 6 nitrogen and oxygen atoms in total. The maximum Gasteiger partial charge on any atom is 0.340 e. The number of amides is 2. The molecule has 0 aromatic heterocycles. The topological polar surface area (TPSA) is 61.9 Å². The van der Waals surface area contributed by atoms with Crippen molar-refractivity contribution in [2.45, 2.75) is 45.1 Å². The molecule has 2 aliphatic rings. The second-order valence-corrected chi connectivity index (χ2v) is 7.01. The van der Waals surface area contributed by atoms with Crippen LogP contribution < -0.4 is 5.32 Å². The van der Waals surface area contributed by atoms with E-state index < -0.39 is 5.97 Å². The third kappa shape index (κ3) is 4.55. The number of ether oxygens (including phenoxy) is 1. The van der Waals surface area contributed by atoms with Crippen molar-refractivity contribution in [1.29, 1.82) is 0 Å². The molecular weight excluding hydrogens is 330 g/mol. The normalized spacial score (nSPS) is 19.2. The van der Waals surface area contributed by atoms with Gasteiger partial charge < -0.3 is 15.0 Å². The molecule has 0 bridgehead atoms. The number of carbonyl (C=O) groups excluding carboxylic acids is 2. The van der Waals surface area contributed by atoms with Gasteiger partial charge in [-0.2, -0.15) is 0 Å². The zero-order valence-electron chi connectivity index (χ0n) is 15.6. The molecule has 6 heteroatoms. The van der Waals surface area contributed by atoms with E-state index in [9.17, 15) is 9.59 Å². The van der Waals surface area contributed by atoms with Crippen molar-refractivity contribution < 1.29 is 14.3 Å². The average molecular weight is 359 g/mol. The highest BCUT2D eigenvalue weighted by molar-refractivity contribution is 6.00. The zero-order chi connectivity index (χ0) is 18.4. The third-order valence-corrected chi connectivity index (χ3v) is 5.36. The van der Waals surface area contributed by atoms with Crippen molar-refractivity contribution in [1.82, 2.24) is 9.80 Å². The first kappa shape index (κ1) is 18.7. The molecule has 2 amide bonds. The summed E-state index contributed by atoms with van der Waals surface area (Å²) in [6, 6.07) is 7.53. The van der Waals surface area contributed by atoms with E-state index >= 15 is 0 Å². The molecule has 1 aromatic carbocycles. The van der Waals surface area contributed by atoms with E-state index in [0.29, 0.717) is 23.9 Å². The summed E-state index contributed by atoms with van der Waals surface area (Å²) < 4.78 is 5.07. The molecule has 1 aromatic rings. The Morgan fingerprint density at radius 1 is 1.08 bits per heavy atom. The number of nitrogens with zero attached hydrogens (tertiary/aromatic N) is 2. The fraction of sp³-hybridized carbons (Fsp3) is 0.600. The van der Waals surface area contributed by atoms with Crippen LogP contribution in [0.1, 0.15) is 49.4 Å². The molecule has 142 valence electrons. The lowest BCUT2D eigenvalue weighted by Gasteiger charge is -2.40. The Balaban J connectivity index is 1.55. The van der Waals surface area contributed by atoms with Crippen LogP contribution in [0.4, 0.5) is 10.5 Å². The summed E-state index contributed by atoms with van der Waals surface area (Å²) in [5.41, 5.74) is 0.897. The van der Waals surface area contributed by atoms with Crippen LogP contribution in [0, 0.1) is 0 Å². The van der Waals surface area contributed by atoms with Crippen molar-refractivity contribution >= 4 is 17.7 Å². The van der Waals surface area contributed by atoms with E-state index in [1.807, 2.05) is 4.90 Å². The van der Waals surface area contributed by atoms with Crippen molar-refractivity contribution in [3.63, 3.8) is 0 Å². The van der Waals surface area contributed by atoms with Gasteiger partial charge in [0.2, 0.25) is 0 Å². The quantitative estimate of drug-likeness (QED) is 0.838. The van der Waals surface area contributed by atoms with Gasteiger partial charge in [0, 0.05) is 32.2 Å². The van der Waals surface area contributed by atoms with Crippen LogP contribution in [0.3, 0.4) is 0 Å². The zero-order valence-corrected chi connectivity index (χ0v) is 15.6. The minimum atomic E-state index is -0.412. The fourth-order valence-corrected chi connectivity index (χ4v) is 3.91. The monoisotopic (exact) mass is 359 g/mol. The van der Waals surface area contributed by atoms with Crippen LogP contribution >= 0.6 is 0 Å². The van der Waals surface area contributed by atoms with Crippen molar-refractivity contribution in [3.8, 4) is 0 Å². The molecule has 0 unspecified atom stereocenters. The second-order valence-electron chi connectivity index (χ2n) is 7.01. The Hall–Kier alpha value is -2.08. The maximum atomic E-state index is 12.6. The first-order chi connectivity index (χ1) is 12.7. The minimum absolute atomic E-state index is 0.148. The van der Waals surface area contributed by atoms with Gasteiger partial charge in [0.05, 0.1) is 17.9 Å². The standard InChI is InChI=1S/C20H29N3O3/c1-2-26-19(24)17-10-6-7-11-18(17)21-20(25)23-14-12-22(13-15-23)16-8-4-3-5-9-16/h6-7,10-11,16H,2-5,8-9,12-15H2,1H3,(H,21,25). The predicted octanol–water partition coefficient (Wildman–Crippen LogP) is 3.35. The Labute approximate surface area is 155 Å². The number of hydrogen-bond donors (Lipinski definition) is 1. The van der Waals surface area contributed by atoms with Crippen molar-refractivity contribution in [3.05, 3.63) is 29.8 Å². The highest BCUT2D eigenvalue weighted by Gasteiger charge is 2.27. The van der Waals surface area contributed by atoms with Gasteiger partial charge >= 0.3 is 12.0 Å². The van der Waals surface area contributed by atoms with Crippen LogP contribution in [-0.4, -0.2) is 60.6 Å². The molecule has 1 heterocycles. The molecule has 1 N–H and O–H groups in total. The molecule has 2 fully saturated rings. The second kappa shape index (κ2) is 9.03. The molecule has 1 saturated carbocycles. The highest BCUT2D eigenvalue weighted by Crippen LogP contribution is 2.24. The van der Waals surface area contributed by atoms with Crippen molar-refractivity contribution in [2.24, 2.45) is 0 Å². The molecule has 1 saturated heterocycles. The lowest BCUT2D eigenvalue weighted by molar-refractivity contribution is 0.0527. The van der Waals surface area contributed by atoms with Gasteiger partial charge in [0.25, 0.3) is 0 Å². The van der Waals surface area contributed by atoms with Crippen molar-refractivity contribution in [2.75, 3.05) is 38.1 Å². The van der Waals surface area contributed by atoms with Crippen LogP contribution in [0.25, 0.3) is 0 Å². The summed E-state index contributed by atoms with van der Waals surface area (Å²) >= 11 is 0. The van der Waals surface area contributed by atoms with Gasteiger partial charge in [-0.15, -0.1) is 0 Å². The number of para-hydroxylation sites is 1. The van der Waals surface area contributed by atoms with E-state index in [4.69, 9.17) is 4.74 Å². The number of piperazine rings is 1. The number of anilines is 1. The Kier molecular flexibility index (Phi) is 6.50. The maximum absolute atomic E-state index is 12.6. The van der Waals surface area contributed by atoms with E-state index in [0.717, 1.165) is 26.2 Å². The van der Waals surface area contributed by atoms with Gasteiger partial charge in [0.1, 0.15) is 0 Å². The molecular formula is C20H29N3O3. The molecule has 3 rings (SSSR count). The average Bonchev–Trinajstić information content (AvgIpc) is 2.69. The summed E-state index contributed by atoms with van der Waals surface area (Å²) in [7, 11) is 0. The summed E-state index contributed by atoms with van der Waals surface area (Å²) in [4.78, 5) is 29.0. The summed E-state index contributed by atoms with van der Waals surface area (Å²) in [5.74, 6) is -0.412. The van der Waals surface area contributed by atoms with Crippen LogP contribution in [0.2, 0.25) is 0 Å². The third-order valence-electron chi connectivity index (χ3n) is 5.36. The van der Waals surface area contributed by atoms with E-state index in [-0.39, 0.29) is 6.03 Å². The van der Waals surface area contributed by atoms with Gasteiger partial charge in [0.15, 0.2) is 0 Å². The SMILES string of the molecule is CCOC(=O)c1ccccc1NC(=O)N1CCN(C2CCCCC2)CC1. The van der Waals surface area contributed by atoms with Crippen LogP contribution in [0.15, 0.2) is 24.3 Å². The van der Waals surface area contributed by atoms with E-state index in [1.54, 1.807) is 31.2 Å². The molecule has 0 radical (unpaired) electrons. The number of urea groups is 1. The van der Waals surface area contributed by atoms with Gasteiger partial charge in [-0.1, -0.05) is 31.4 Å².